The maximum atomic E-state index is 13.2. The third-order valence-electron chi connectivity index (χ3n) is 5.94. The number of aromatic nitrogens is 2. The summed E-state index contributed by atoms with van der Waals surface area (Å²) in [6.45, 7) is 7.00. The Hall–Kier alpha value is -2.67. The molecule has 2 aromatic rings. The summed E-state index contributed by atoms with van der Waals surface area (Å²) < 4.78 is 0. The van der Waals surface area contributed by atoms with E-state index in [9.17, 15) is 4.79 Å². The van der Waals surface area contributed by atoms with Crippen LogP contribution in [0.5, 0.6) is 0 Å². The number of aryl methyl sites for hydroxylation is 1. The van der Waals surface area contributed by atoms with Crippen molar-refractivity contribution in [3.63, 3.8) is 0 Å². The molecule has 7 heteroatoms. The van der Waals surface area contributed by atoms with E-state index in [0.29, 0.717) is 11.4 Å². The number of rotatable bonds is 4. The molecule has 1 N–H and O–H groups in total. The Morgan fingerprint density at radius 3 is 2.69 bits per heavy atom. The molecule has 29 heavy (non-hydrogen) atoms. The average molecular weight is 395 g/mol. The second-order valence-electron chi connectivity index (χ2n) is 8.02. The van der Waals surface area contributed by atoms with E-state index in [1.807, 2.05) is 24.9 Å². The maximum Gasteiger partial charge on any atom is 0.254 e. The van der Waals surface area contributed by atoms with Crippen LogP contribution in [-0.2, 0) is 0 Å². The number of likely N-dealkylation sites (N-methyl/N-ethyl adjacent to an activating group) is 1. The fourth-order valence-electron chi connectivity index (χ4n) is 4.28. The molecule has 4 rings (SSSR count). The third-order valence-corrected chi connectivity index (χ3v) is 5.94. The number of anilines is 2. The zero-order chi connectivity index (χ0) is 20.4. The van der Waals surface area contributed by atoms with Crippen molar-refractivity contribution in [2.75, 3.05) is 57.0 Å². The Bertz CT molecular complexity index is 877. The molecule has 2 aromatic heterocycles. The lowest BCUT2D eigenvalue weighted by molar-refractivity contribution is 0.0732. The molecule has 4 heterocycles. The number of hydrogen-bond donors (Lipinski definition) is 1. The highest BCUT2D eigenvalue weighted by Gasteiger charge is 2.32. The van der Waals surface area contributed by atoms with E-state index < -0.39 is 0 Å². The molecule has 0 saturated carbocycles. The summed E-state index contributed by atoms with van der Waals surface area (Å²) in [6, 6.07) is 7.99. The van der Waals surface area contributed by atoms with E-state index in [4.69, 9.17) is 4.98 Å². The summed E-state index contributed by atoms with van der Waals surface area (Å²) >= 11 is 0. The first kappa shape index (κ1) is 19.6. The van der Waals surface area contributed by atoms with Crippen molar-refractivity contribution in [3.05, 3.63) is 47.4 Å². The minimum Gasteiger partial charge on any atom is -0.373 e. The zero-order valence-corrected chi connectivity index (χ0v) is 17.6. The molecule has 0 aliphatic carbocycles. The van der Waals surface area contributed by atoms with E-state index in [1.165, 1.54) is 5.69 Å². The van der Waals surface area contributed by atoms with Crippen LogP contribution in [0.15, 0.2) is 30.5 Å². The lowest BCUT2D eigenvalue weighted by atomic mass is 10.1. The summed E-state index contributed by atoms with van der Waals surface area (Å²) in [7, 11) is 3.98. The first-order chi connectivity index (χ1) is 14.0. The molecule has 1 unspecified atom stereocenters. The van der Waals surface area contributed by atoms with E-state index >= 15 is 0 Å². The van der Waals surface area contributed by atoms with Crippen LogP contribution in [0.3, 0.4) is 0 Å². The monoisotopic (exact) mass is 394 g/mol. The lowest BCUT2D eigenvalue weighted by Crippen LogP contribution is -2.44. The molecule has 0 spiro atoms. The third kappa shape index (κ3) is 4.19. The van der Waals surface area contributed by atoms with Crippen molar-refractivity contribution in [1.29, 1.82) is 0 Å². The Morgan fingerprint density at radius 1 is 1.14 bits per heavy atom. The number of likely N-dealkylation sites (tertiary alicyclic amines) is 1. The van der Waals surface area contributed by atoms with Crippen molar-refractivity contribution in [2.45, 2.75) is 25.8 Å². The predicted octanol–water partition coefficient (Wildman–Crippen LogP) is 2.56. The van der Waals surface area contributed by atoms with Crippen molar-refractivity contribution in [3.8, 4) is 0 Å². The van der Waals surface area contributed by atoms with Gasteiger partial charge in [-0.05, 0) is 51.1 Å². The second kappa shape index (κ2) is 8.37. The van der Waals surface area contributed by atoms with E-state index in [-0.39, 0.29) is 11.9 Å². The Balaban J connectivity index is 1.59. The normalized spacial score (nSPS) is 20.2. The summed E-state index contributed by atoms with van der Waals surface area (Å²) in [4.78, 5) is 29.1. The number of carbonyl (C=O) groups excluding carboxylic acids is 1. The first-order valence-corrected chi connectivity index (χ1v) is 10.4. The molecular weight excluding hydrogens is 364 g/mol. The van der Waals surface area contributed by atoms with Crippen molar-refractivity contribution < 1.29 is 4.79 Å². The zero-order valence-electron chi connectivity index (χ0n) is 17.6. The number of carbonyl (C=O) groups is 1. The van der Waals surface area contributed by atoms with Crippen LogP contribution in [0.1, 0.15) is 40.6 Å². The van der Waals surface area contributed by atoms with Crippen LogP contribution in [0.25, 0.3) is 0 Å². The topological polar surface area (TPSA) is 64.6 Å². The standard InChI is InChI=1S/C22H30N6O/c1-16-13-18(27-11-9-26(3)10-12-27)15-19(25-16)20-5-4-8-28(20)22(29)17-6-7-24-21(14-17)23-2/h6-7,13-15,20H,4-5,8-12H2,1-3H3,(H,23,24). The van der Waals surface area contributed by atoms with Gasteiger partial charge in [-0.2, -0.15) is 0 Å². The number of pyridine rings is 2. The number of amides is 1. The lowest BCUT2D eigenvalue weighted by Gasteiger charge is -2.34. The van der Waals surface area contributed by atoms with E-state index in [2.05, 4.69) is 39.3 Å². The number of nitrogens with zero attached hydrogens (tertiary/aromatic N) is 5. The van der Waals surface area contributed by atoms with Crippen LogP contribution in [0, 0.1) is 6.92 Å². The molecule has 2 aliphatic heterocycles. The van der Waals surface area contributed by atoms with Crippen molar-refractivity contribution in [2.24, 2.45) is 0 Å². The van der Waals surface area contributed by atoms with Gasteiger partial charge in [0.1, 0.15) is 5.82 Å². The quantitative estimate of drug-likeness (QED) is 0.860. The Kier molecular flexibility index (Phi) is 5.67. The van der Waals surface area contributed by atoms with Gasteiger partial charge in [-0.25, -0.2) is 4.98 Å². The molecule has 154 valence electrons. The van der Waals surface area contributed by atoms with Crippen LogP contribution in [0.4, 0.5) is 11.5 Å². The highest BCUT2D eigenvalue weighted by molar-refractivity contribution is 5.95. The molecule has 2 saturated heterocycles. The smallest absolute Gasteiger partial charge is 0.254 e. The maximum absolute atomic E-state index is 13.2. The largest absolute Gasteiger partial charge is 0.373 e. The SMILES string of the molecule is CNc1cc(C(=O)N2CCCC2c2cc(N3CCN(C)CC3)cc(C)n2)ccn1. The molecule has 0 radical (unpaired) electrons. The molecule has 1 amide bonds. The Morgan fingerprint density at radius 2 is 1.93 bits per heavy atom. The van der Waals surface area contributed by atoms with Gasteiger partial charge in [0, 0.05) is 62.9 Å². The van der Waals surface area contributed by atoms with Gasteiger partial charge in [0.15, 0.2) is 0 Å². The van der Waals surface area contributed by atoms with Gasteiger partial charge in [0.2, 0.25) is 0 Å². The summed E-state index contributed by atoms with van der Waals surface area (Å²) in [5, 5.41) is 3.01. The predicted molar refractivity (Wildman–Crippen MR) is 115 cm³/mol. The summed E-state index contributed by atoms with van der Waals surface area (Å²) in [5.41, 5.74) is 3.91. The highest BCUT2D eigenvalue weighted by atomic mass is 16.2. The minimum atomic E-state index is 0.0276. The van der Waals surface area contributed by atoms with Crippen molar-refractivity contribution in [1.82, 2.24) is 19.8 Å². The van der Waals surface area contributed by atoms with Gasteiger partial charge in [-0.1, -0.05) is 0 Å². The van der Waals surface area contributed by atoms with Crippen molar-refractivity contribution >= 4 is 17.4 Å². The van der Waals surface area contributed by atoms with Gasteiger partial charge in [0.05, 0.1) is 11.7 Å². The van der Waals surface area contributed by atoms with Crippen LogP contribution in [0.2, 0.25) is 0 Å². The van der Waals surface area contributed by atoms with E-state index in [0.717, 1.165) is 57.0 Å². The summed E-state index contributed by atoms with van der Waals surface area (Å²) in [6.07, 6.45) is 3.63. The van der Waals surface area contributed by atoms with Gasteiger partial charge < -0.3 is 20.0 Å². The van der Waals surface area contributed by atoms with Gasteiger partial charge in [0.25, 0.3) is 5.91 Å². The first-order valence-electron chi connectivity index (χ1n) is 10.4. The van der Waals surface area contributed by atoms with Crippen LogP contribution >= 0.6 is 0 Å². The molecule has 2 fully saturated rings. The molecular formula is C22H30N6O. The molecule has 0 bridgehead atoms. The average Bonchev–Trinajstić information content (AvgIpc) is 3.23. The summed E-state index contributed by atoms with van der Waals surface area (Å²) in [5.74, 6) is 0.758. The number of hydrogen-bond acceptors (Lipinski definition) is 6. The highest BCUT2D eigenvalue weighted by Crippen LogP contribution is 2.34. The number of piperazine rings is 1. The van der Waals surface area contributed by atoms with Crippen LogP contribution < -0.4 is 10.2 Å². The van der Waals surface area contributed by atoms with Gasteiger partial charge in [-0.3, -0.25) is 9.78 Å². The molecule has 7 nitrogen and oxygen atoms in total. The second-order valence-corrected chi connectivity index (χ2v) is 8.02. The fourth-order valence-corrected chi connectivity index (χ4v) is 4.28. The minimum absolute atomic E-state index is 0.0276. The van der Waals surface area contributed by atoms with Crippen LogP contribution in [-0.4, -0.2) is 72.5 Å². The fraction of sp³-hybridized carbons (Fsp3) is 0.500. The molecule has 1 atom stereocenters. The van der Waals surface area contributed by atoms with Gasteiger partial charge in [-0.15, -0.1) is 0 Å². The molecule has 2 aliphatic rings. The van der Waals surface area contributed by atoms with E-state index in [1.54, 1.807) is 12.3 Å². The Labute approximate surface area is 172 Å². The van der Waals surface area contributed by atoms with Gasteiger partial charge >= 0.3 is 0 Å². The number of nitrogens with one attached hydrogen (secondary N) is 1. The molecule has 0 aromatic carbocycles.